The van der Waals surface area contributed by atoms with Gasteiger partial charge in [0.1, 0.15) is 5.84 Å². The lowest BCUT2D eigenvalue weighted by Crippen LogP contribution is -2.31. The summed E-state index contributed by atoms with van der Waals surface area (Å²) in [6, 6.07) is 5.92. The highest BCUT2D eigenvalue weighted by Gasteiger charge is 2.22. The lowest BCUT2D eigenvalue weighted by Gasteiger charge is -2.30. The molecule has 0 unspecified atom stereocenters. The molecular formula is C22H25N3O2. The number of nitrogens with zero attached hydrogens (tertiary/aromatic N) is 2. The van der Waals surface area contributed by atoms with Gasteiger partial charge in [-0.2, -0.15) is 0 Å². The van der Waals surface area contributed by atoms with E-state index in [0.717, 1.165) is 48.9 Å². The maximum Gasteiger partial charge on any atom is 0.161 e. The van der Waals surface area contributed by atoms with E-state index in [9.17, 15) is 0 Å². The highest BCUT2D eigenvalue weighted by Crippen LogP contribution is 2.33. The maximum absolute atomic E-state index is 5.43. The summed E-state index contributed by atoms with van der Waals surface area (Å²) in [5.74, 6) is 2.43. The normalized spacial score (nSPS) is 19.2. The van der Waals surface area contributed by atoms with Gasteiger partial charge in [0.15, 0.2) is 11.5 Å². The zero-order chi connectivity index (χ0) is 18.8. The molecule has 0 bridgehead atoms. The third kappa shape index (κ3) is 3.43. The van der Waals surface area contributed by atoms with Gasteiger partial charge in [-0.25, -0.2) is 4.99 Å². The molecular weight excluding hydrogens is 338 g/mol. The molecule has 4 rings (SSSR count). The monoisotopic (exact) mass is 363 g/mol. The van der Waals surface area contributed by atoms with Crippen LogP contribution in [0.5, 0.6) is 11.5 Å². The van der Waals surface area contributed by atoms with Gasteiger partial charge in [0.05, 0.1) is 19.9 Å². The fourth-order valence-corrected chi connectivity index (χ4v) is 3.66. The van der Waals surface area contributed by atoms with Gasteiger partial charge in [0, 0.05) is 24.9 Å². The van der Waals surface area contributed by atoms with Crippen LogP contribution in [0, 0.1) is 0 Å². The van der Waals surface area contributed by atoms with Crippen LogP contribution in [0.3, 0.4) is 0 Å². The molecule has 140 valence electrons. The van der Waals surface area contributed by atoms with E-state index in [1.54, 1.807) is 14.2 Å². The van der Waals surface area contributed by atoms with Gasteiger partial charge < -0.3 is 19.7 Å². The number of amidine groups is 1. The fourth-order valence-electron chi connectivity index (χ4n) is 3.66. The number of allylic oxidation sites excluding steroid dienone is 2. The van der Waals surface area contributed by atoms with E-state index in [1.807, 2.05) is 18.2 Å². The second-order valence-corrected chi connectivity index (χ2v) is 6.84. The Morgan fingerprint density at radius 3 is 2.70 bits per heavy atom. The third-order valence-electron chi connectivity index (χ3n) is 5.16. The first-order valence-corrected chi connectivity index (χ1v) is 9.28. The van der Waals surface area contributed by atoms with Crippen molar-refractivity contribution < 1.29 is 9.47 Å². The predicted molar refractivity (Wildman–Crippen MR) is 109 cm³/mol. The largest absolute Gasteiger partial charge is 0.493 e. The van der Waals surface area contributed by atoms with Gasteiger partial charge in [0.25, 0.3) is 0 Å². The quantitative estimate of drug-likeness (QED) is 0.889. The topological polar surface area (TPSA) is 46.1 Å². The van der Waals surface area contributed by atoms with E-state index in [1.165, 1.54) is 16.7 Å². The van der Waals surface area contributed by atoms with Crippen molar-refractivity contribution in [2.45, 2.75) is 13.3 Å². The number of hydrogen-bond acceptors (Lipinski definition) is 5. The number of fused-ring (bicyclic) bond motifs is 1. The van der Waals surface area contributed by atoms with Crippen LogP contribution in [0.4, 0.5) is 0 Å². The Morgan fingerprint density at radius 2 is 1.96 bits per heavy atom. The molecule has 3 heterocycles. The van der Waals surface area contributed by atoms with Crippen LogP contribution in [-0.4, -0.2) is 44.6 Å². The summed E-state index contributed by atoms with van der Waals surface area (Å²) in [5, 5.41) is 3.38. The third-order valence-corrected chi connectivity index (χ3v) is 5.16. The Morgan fingerprint density at radius 1 is 1.11 bits per heavy atom. The summed E-state index contributed by atoms with van der Waals surface area (Å²) >= 11 is 0. The van der Waals surface area contributed by atoms with E-state index in [-0.39, 0.29) is 0 Å². The van der Waals surface area contributed by atoms with Crippen LogP contribution in [0.1, 0.15) is 18.9 Å². The zero-order valence-corrected chi connectivity index (χ0v) is 16.1. The number of benzene rings is 1. The Hall–Kier alpha value is -2.79. The average Bonchev–Trinajstić information content (AvgIpc) is 2.73. The first-order valence-electron chi connectivity index (χ1n) is 9.28. The fraction of sp³-hybridized carbons (Fsp3) is 0.318. The average molecular weight is 363 g/mol. The van der Waals surface area contributed by atoms with E-state index < -0.39 is 0 Å². The van der Waals surface area contributed by atoms with Crippen LogP contribution in [-0.2, 0) is 0 Å². The Bertz CT molecular complexity index is 906. The Labute approximate surface area is 160 Å². The van der Waals surface area contributed by atoms with E-state index in [2.05, 4.69) is 41.6 Å². The molecule has 5 nitrogen and oxygen atoms in total. The highest BCUT2D eigenvalue weighted by molar-refractivity contribution is 6.01. The van der Waals surface area contributed by atoms with Crippen molar-refractivity contribution >= 4 is 11.5 Å². The van der Waals surface area contributed by atoms with Crippen molar-refractivity contribution in [3.8, 4) is 11.5 Å². The first-order chi connectivity index (χ1) is 13.2. The predicted octanol–water partition coefficient (Wildman–Crippen LogP) is 3.52. The molecule has 0 fully saturated rings. The molecule has 3 aliphatic rings. The van der Waals surface area contributed by atoms with E-state index in [4.69, 9.17) is 14.5 Å². The molecule has 0 amide bonds. The number of ether oxygens (including phenoxy) is 2. The van der Waals surface area contributed by atoms with Crippen molar-refractivity contribution in [3.63, 3.8) is 0 Å². The summed E-state index contributed by atoms with van der Waals surface area (Å²) in [7, 11) is 3.30. The second kappa shape index (κ2) is 7.45. The molecule has 0 spiro atoms. The van der Waals surface area contributed by atoms with Gasteiger partial charge in [-0.15, -0.1) is 0 Å². The molecule has 0 saturated heterocycles. The van der Waals surface area contributed by atoms with Crippen molar-refractivity contribution in [2.75, 3.05) is 33.9 Å². The number of nitrogens with one attached hydrogen (secondary N) is 1. The van der Waals surface area contributed by atoms with E-state index in [0.29, 0.717) is 5.75 Å². The lowest BCUT2D eigenvalue weighted by molar-refractivity contribution is 0.355. The summed E-state index contributed by atoms with van der Waals surface area (Å²) < 4.78 is 10.8. The van der Waals surface area contributed by atoms with Crippen LogP contribution in [0.25, 0.3) is 5.70 Å². The number of hydrogen-bond donors (Lipinski definition) is 1. The van der Waals surface area contributed by atoms with Crippen LogP contribution < -0.4 is 14.8 Å². The maximum atomic E-state index is 5.43. The molecule has 0 atom stereocenters. The number of rotatable bonds is 4. The molecule has 3 aliphatic heterocycles. The van der Waals surface area contributed by atoms with Crippen molar-refractivity contribution in [1.29, 1.82) is 0 Å². The molecule has 0 saturated carbocycles. The Balaban J connectivity index is 1.62. The molecule has 5 heteroatoms. The van der Waals surface area contributed by atoms with Crippen molar-refractivity contribution in [3.05, 3.63) is 64.9 Å². The SMILES string of the molecule is COc1ccc(C2=CCN3C=C(C4=CCNCC4)C(C)=CC3=N2)cc1OC. The first kappa shape index (κ1) is 17.6. The standard InChI is InChI=1S/C22H25N3O2/c1-15-12-22-24-19(17-4-5-20(26-2)21(13-17)27-3)8-11-25(22)14-18(15)16-6-9-23-10-7-16/h4-6,8,12-14,23H,7,9-11H2,1-3H3. The minimum absolute atomic E-state index is 0.717. The smallest absolute Gasteiger partial charge is 0.161 e. The molecule has 27 heavy (non-hydrogen) atoms. The zero-order valence-electron chi connectivity index (χ0n) is 16.1. The van der Waals surface area contributed by atoms with Crippen LogP contribution in [0.15, 0.2) is 64.3 Å². The lowest BCUT2D eigenvalue weighted by atomic mass is 9.92. The van der Waals surface area contributed by atoms with Crippen molar-refractivity contribution in [2.24, 2.45) is 4.99 Å². The summed E-state index contributed by atoms with van der Waals surface area (Å²) in [6.07, 6.45) is 9.96. The van der Waals surface area contributed by atoms with E-state index >= 15 is 0 Å². The van der Waals surface area contributed by atoms with Gasteiger partial charge in [-0.05, 0) is 67.0 Å². The number of aliphatic imine (C=N–C) groups is 1. The minimum atomic E-state index is 0.717. The molecule has 1 N–H and O–H groups in total. The molecule has 0 radical (unpaired) electrons. The Kier molecular flexibility index (Phi) is 4.86. The van der Waals surface area contributed by atoms with Gasteiger partial charge in [-0.3, -0.25) is 0 Å². The van der Waals surface area contributed by atoms with Crippen LogP contribution in [0.2, 0.25) is 0 Å². The van der Waals surface area contributed by atoms with Crippen LogP contribution >= 0.6 is 0 Å². The minimum Gasteiger partial charge on any atom is -0.493 e. The van der Waals surface area contributed by atoms with Gasteiger partial charge in [0.2, 0.25) is 0 Å². The molecule has 1 aromatic carbocycles. The highest BCUT2D eigenvalue weighted by atomic mass is 16.5. The van der Waals surface area contributed by atoms with Gasteiger partial charge in [-0.1, -0.05) is 6.08 Å². The summed E-state index contributed by atoms with van der Waals surface area (Å²) in [4.78, 5) is 7.11. The molecule has 0 aliphatic carbocycles. The van der Waals surface area contributed by atoms with Crippen molar-refractivity contribution in [1.82, 2.24) is 10.2 Å². The summed E-state index contributed by atoms with van der Waals surface area (Å²) in [6.45, 7) is 4.97. The molecule has 1 aromatic rings. The molecule has 0 aromatic heterocycles. The van der Waals surface area contributed by atoms with Gasteiger partial charge >= 0.3 is 0 Å². The summed E-state index contributed by atoms with van der Waals surface area (Å²) in [5.41, 5.74) is 6.02. The second-order valence-electron chi connectivity index (χ2n) is 6.84. The number of methoxy groups -OCH3 is 2.